The van der Waals surface area contributed by atoms with Crippen LogP contribution >= 0.6 is 22.9 Å². The van der Waals surface area contributed by atoms with Crippen molar-refractivity contribution in [2.45, 2.75) is 0 Å². The van der Waals surface area contributed by atoms with Gasteiger partial charge in [-0.2, -0.15) is 4.37 Å². The Morgan fingerprint density at radius 1 is 1.54 bits per heavy atom. The van der Waals surface area contributed by atoms with Crippen LogP contribution in [0.25, 0.3) is 10.6 Å². The van der Waals surface area contributed by atoms with Gasteiger partial charge in [-0.1, -0.05) is 0 Å². The van der Waals surface area contributed by atoms with E-state index in [1.54, 1.807) is 11.4 Å². The van der Waals surface area contributed by atoms with Crippen molar-refractivity contribution < 1.29 is 9.90 Å². The van der Waals surface area contributed by atoms with Crippen LogP contribution < -0.4 is 0 Å². The Morgan fingerprint density at radius 3 is 2.92 bits per heavy atom. The van der Waals surface area contributed by atoms with Crippen LogP contribution in [0.1, 0.15) is 10.4 Å². The SMILES string of the molecule is O=C(O)c1csc(-c2ccsn2)c1. The van der Waals surface area contributed by atoms with Crippen molar-refractivity contribution in [3.8, 4) is 10.6 Å². The zero-order valence-electron chi connectivity index (χ0n) is 6.43. The van der Waals surface area contributed by atoms with E-state index in [0.29, 0.717) is 5.56 Å². The molecule has 5 heteroatoms. The van der Waals surface area contributed by atoms with Crippen LogP contribution in [0.15, 0.2) is 22.9 Å². The second-order valence-corrected chi connectivity index (χ2v) is 3.97. The first-order chi connectivity index (χ1) is 6.27. The van der Waals surface area contributed by atoms with Gasteiger partial charge in [0.1, 0.15) is 0 Å². The summed E-state index contributed by atoms with van der Waals surface area (Å²) in [6.07, 6.45) is 0. The van der Waals surface area contributed by atoms with Crippen LogP contribution in [-0.4, -0.2) is 15.4 Å². The van der Waals surface area contributed by atoms with Crippen LogP contribution in [0.5, 0.6) is 0 Å². The smallest absolute Gasteiger partial charge is 0.336 e. The third-order valence-corrected chi connectivity index (χ3v) is 3.05. The molecule has 0 radical (unpaired) electrons. The summed E-state index contributed by atoms with van der Waals surface area (Å²) in [7, 11) is 0. The van der Waals surface area contributed by atoms with Crippen molar-refractivity contribution in [1.82, 2.24) is 4.37 Å². The molecule has 0 aromatic carbocycles. The first-order valence-electron chi connectivity index (χ1n) is 3.50. The fourth-order valence-corrected chi connectivity index (χ4v) is 2.36. The Balaban J connectivity index is 2.39. The highest BCUT2D eigenvalue weighted by Gasteiger charge is 2.08. The Kier molecular flexibility index (Phi) is 2.12. The van der Waals surface area contributed by atoms with Crippen molar-refractivity contribution in [3.05, 3.63) is 28.5 Å². The molecule has 3 nitrogen and oxygen atoms in total. The average Bonchev–Trinajstić information content (AvgIpc) is 2.75. The van der Waals surface area contributed by atoms with Gasteiger partial charge in [0, 0.05) is 10.8 Å². The lowest BCUT2D eigenvalue weighted by Gasteiger charge is -1.85. The van der Waals surface area contributed by atoms with Crippen LogP contribution in [0.3, 0.4) is 0 Å². The summed E-state index contributed by atoms with van der Waals surface area (Å²) in [4.78, 5) is 11.5. The quantitative estimate of drug-likeness (QED) is 0.830. The second kappa shape index (κ2) is 3.27. The normalized spacial score (nSPS) is 10.2. The highest BCUT2D eigenvalue weighted by molar-refractivity contribution is 7.14. The van der Waals surface area contributed by atoms with Gasteiger partial charge in [0.25, 0.3) is 0 Å². The van der Waals surface area contributed by atoms with Gasteiger partial charge >= 0.3 is 5.97 Å². The maximum atomic E-state index is 10.6. The summed E-state index contributed by atoms with van der Waals surface area (Å²) in [5.41, 5.74) is 1.18. The molecule has 0 saturated heterocycles. The number of carbonyl (C=O) groups is 1. The fraction of sp³-hybridized carbons (Fsp3) is 0. The lowest BCUT2D eigenvalue weighted by atomic mass is 10.3. The Labute approximate surface area is 82.5 Å². The van der Waals surface area contributed by atoms with Crippen molar-refractivity contribution in [1.29, 1.82) is 0 Å². The molecule has 1 N–H and O–H groups in total. The minimum atomic E-state index is -0.891. The van der Waals surface area contributed by atoms with Crippen molar-refractivity contribution in [3.63, 3.8) is 0 Å². The van der Waals surface area contributed by atoms with Gasteiger partial charge in [-0.3, -0.25) is 0 Å². The summed E-state index contributed by atoms with van der Waals surface area (Å²) in [6, 6.07) is 3.52. The van der Waals surface area contributed by atoms with Gasteiger partial charge in [-0.25, -0.2) is 4.79 Å². The van der Waals surface area contributed by atoms with E-state index in [1.165, 1.54) is 22.9 Å². The molecule has 0 bridgehead atoms. The maximum Gasteiger partial charge on any atom is 0.336 e. The van der Waals surface area contributed by atoms with Crippen LogP contribution in [-0.2, 0) is 0 Å². The molecule has 0 aliphatic heterocycles. The first-order valence-corrected chi connectivity index (χ1v) is 5.21. The van der Waals surface area contributed by atoms with Gasteiger partial charge < -0.3 is 5.11 Å². The molecular weight excluding hydrogens is 206 g/mol. The van der Waals surface area contributed by atoms with E-state index >= 15 is 0 Å². The zero-order chi connectivity index (χ0) is 9.26. The van der Waals surface area contributed by atoms with Gasteiger partial charge in [0.15, 0.2) is 0 Å². The number of carboxylic acid groups (broad SMARTS) is 1. The minimum absolute atomic E-state index is 0.327. The Hall–Kier alpha value is -1.20. The molecule has 0 spiro atoms. The van der Waals surface area contributed by atoms with Gasteiger partial charge in [0.2, 0.25) is 0 Å². The molecule has 0 aliphatic rings. The number of nitrogens with zero attached hydrogens (tertiary/aromatic N) is 1. The topological polar surface area (TPSA) is 50.2 Å². The summed E-state index contributed by atoms with van der Waals surface area (Å²) >= 11 is 2.76. The van der Waals surface area contributed by atoms with E-state index in [1.807, 2.05) is 11.4 Å². The highest BCUT2D eigenvalue weighted by Crippen LogP contribution is 2.26. The lowest BCUT2D eigenvalue weighted by Crippen LogP contribution is -1.91. The molecule has 13 heavy (non-hydrogen) atoms. The molecule has 0 unspecified atom stereocenters. The molecule has 2 rings (SSSR count). The Bertz CT molecular complexity index is 419. The number of aromatic nitrogens is 1. The van der Waals surface area contributed by atoms with Crippen LogP contribution in [0, 0.1) is 0 Å². The molecule has 0 atom stereocenters. The lowest BCUT2D eigenvalue weighted by molar-refractivity contribution is 0.0697. The van der Waals surface area contributed by atoms with Crippen molar-refractivity contribution >= 4 is 28.8 Å². The number of aromatic carboxylic acids is 1. The first kappa shape index (κ1) is 8.40. The predicted octanol–water partition coefficient (Wildman–Crippen LogP) is 2.57. The third kappa shape index (κ3) is 1.61. The third-order valence-electron chi connectivity index (χ3n) is 1.54. The highest BCUT2D eigenvalue weighted by atomic mass is 32.1. The summed E-state index contributed by atoms with van der Waals surface area (Å²) in [5.74, 6) is -0.891. The van der Waals surface area contributed by atoms with Gasteiger partial charge in [-0.15, -0.1) is 11.3 Å². The fourth-order valence-electron chi connectivity index (χ4n) is 0.922. The predicted molar refractivity (Wildman–Crippen MR) is 52.4 cm³/mol. The van der Waals surface area contributed by atoms with E-state index in [9.17, 15) is 4.79 Å². The van der Waals surface area contributed by atoms with E-state index in [0.717, 1.165) is 10.6 Å². The molecule has 2 heterocycles. The van der Waals surface area contributed by atoms with Crippen molar-refractivity contribution in [2.24, 2.45) is 0 Å². The molecular formula is C8H5NO2S2. The van der Waals surface area contributed by atoms with Crippen molar-refractivity contribution in [2.75, 3.05) is 0 Å². The average molecular weight is 211 g/mol. The van der Waals surface area contributed by atoms with Gasteiger partial charge in [0.05, 0.1) is 16.1 Å². The summed E-state index contributed by atoms with van der Waals surface area (Å²) in [6.45, 7) is 0. The summed E-state index contributed by atoms with van der Waals surface area (Å²) < 4.78 is 4.12. The number of thiophene rings is 1. The zero-order valence-corrected chi connectivity index (χ0v) is 8.06. The van der Waals surface area contributed by atoms with Crippen LogP contribution in [0.2, 0.25) is 0 Å². The molecule has 2 aromatic rings. The molecule has 66 valence electrons. The maximum absolute atomic E-state index is 10.6. The number of carboxylic acids is 1. The largest absolute Gasteiger partial charge is 0.478 e. The van der Waals surface area contributed by atoms with E-state index in [4.69, 9.17) is 5.11 Å². The standard InChI is InChI=1S/C8H5NO2S2/c10-8(11)5-3-7(12-4-5)6-1-2-13-9-6/h1-4H,(H,10,11). The molecule has 2 aromatic heterocycles. The summed E-state index contributed by atoms with van der Waals surface area (Å²) in [5, 5.41) is 12.2. The number of hydrogen-bond donors (Lipinski definition) is 1. The van der Waals surface area contributed by atoms with E-state index < -0.39 is 5.97 Å². The Morgan fingerprint density at radius 2 is 2.38 bits per heavy atom. The number of hydrogen-bond acceptors (Lipinski definition) is 4. The molecule has 0 saturated carbocycles. The molecule has 0 fully saturated rings. The monoisotopic (exact) mass is 211 g/mol. The molecule has 0 aliphatic carbocycles. The minimum Gasteiger partial charge on any atom is -0.478 e. The second-order valence-electron chi connectivity index (χ2n) is 2.39. The van der Waals surface area contributed by atoms with Crippen LogP contribution in [0.4, 0.5) is 0 Å². The van der Waals surface area contributed by atoms with Gasteiger partial charge in [-0.05, 0) is 23.7 Å². The number of rotatable bonds is 2. The molecule has 0 amide bonds. The van der Waals surface area contributed by atoms with E-state index in [2.05, 4.69) is 4.37 Å². The van der Waals surface area contributed by atoms with E-state index in [-0.39, 0.29) is 0 Å².